The van der Waals surface area contributed by atoms with Crippen molar-refractivity contribution in [2.75, 3.05) is 6.54 Å². The Morgan fingerprint density at radius 1 is 0.966 bits per heavy atom. The molecule has 1 aliphatic rings. The zero-order valence-corrected chi connectivity index (χ0v) is 15.4. The van der Waals surface area contributed by atoms with Crippen LogP contribution in [0.3, 0.4) is 0 Å². The summed E-state index contributed by atoms with van der Waals surface area (Å²) < 4.78 is 93.7. The summed E-state index contributed by atoms with van der Waals surface area (Å²) in [6, 6.07) is 10.1. The van der Waals surface area contributed by atoms with Crippen molar-refractivity contribution in [1.29, 1.82) is 0 Å². The lowest BCUT2D eigenvalue weighted by molar-refractivity contribution is -0.337. The van der Waals surface area contributed by atoms with Crippen LogP contribution in [0.2, 0.25) is 0 Å². The zero-order chi connectivity index (χ0) is 21.3. The number of thiophene rings is 1. The first-order chi connectivity index (χ1) is 13.5. The van der Waals surface area contributed by atoms with E-state index < -0.39 is 23.9 Å². The summed E-state index contributed by atoms with van der Waals surface area (Å²) >= 11 is 1.29. The molecule has 1 N–H and O–H groups in total. The highest BCUT2D eigenvalue weighted by Crippen LogP contribution is 2.48. The average Bonchev–Trinajstić information content (AvgIpc) is 3.20. The van der Waals surface area contributed by atoms with Gasteiger partial charge in [0, 0.05) is 23.7 Å². The lowest BCUT2D eigenvalue weighted by atomic mass is 10.1. The summed E-state index contributed by atoms with van der Waals surface area (Å²) in [5.41, 5.74) is 3.60. The number of benzene rings is 1. The van der Waals surface area contributed by atoms with Crippen LogP contribution in [0.25, 0.3) is 5.70 Å². The second-order valence-electron chi connectivity index (χ2n) is 6.18. The van der Waals surface area contributed by atoms with Crippen LogP contribution in [-0.4, -0.2) is 35.3 Å². The maximum absolute atomic E-state index is 14.3. The Hall–Kier alpha value is -2.56. The molecule has 29 heavy (non-hydrogen) atoms. The molecule has 1 aliphatic heterocycles. The number of nitrogens with zero attached hydrogens (tertiary/aromatic N) is 2. The molecule has 0 aliphatic carbocycles. The van der Waals surface area contributed by atoms with Crippen LogP contribution in [0.15, 0.2) is 58.5 Å². The summed E-state index contributed by atoms with van der Waals surface area (Å²) in [6.45, 7) is -0.276. The third kappa shape index (κ3) is 4.09. The van der Waals surface area contributed by atoms with Crippen molar-refractivity contribution in [2.24, 2.45) is 5.10 Å². The molecule has 0 atom stereocenters. The van der Waals surface area contributed by atoms with Crippen LogP contribution in [0.1, 0.15) is 11.1 Å². The van der Waals surface area contributed by atoms with E-state index in [1.807, 2.05) is 0 Å². The van der Waals surface area contributed by atoms with E-state index in [0.29, 0.717) is 16.0 Å². The van der Waals surface area contributed by atoms with Gasteiger partial charge in [0.2, 0.25) is 5.84 Å². The molecule has 0 unspecified atom stereocenters. The Labute approximate surface area is 165 Å². The fourth-order valence-corrected chi connectivity index (χ4v) is 3.27. The number of hydrazone groups is 1. The minimum absolute atomic E-state index is 0.126. The Bertz CT molecular complexity index is 890. The molecule has 0 amide bonds. The standard InChI is InChI=1S/C18H14F7N3S/c19-16(20,17(21,22)18(23,24)25)15-27-26-14(13-7-9-29-11-13)10-28(15)8-6-12-4-2-1-3-5-12/h1-5,7,9-11,26H,6,8H2. The van der Waals surface area contributed by atoms with Gasteiger partial charge in [-0.1, -0.05) is 30.3 Å². The summed E-state index contributed by atoms with van der Waals surface area (Å²) in [7, 11) is 0. The fourth-order valence-electron chi connectivity index (χ4n) is 2.61. The van der Waals surface area contributed by atoms with E-state index >= 15 is 0 Å². The molecule has 3 rings (SSSR count). The molecule has 1 aromatic carbocycles. The molecule has 0 spiro atoms. The lowest BCUT2D eigenvalue weighted by Gasteiger charge is -2.35. The highest BCUT2D eigenvalue weighted by molar-refractivity contribution is 7.08. The van der Waals surface area contributed by atoms with Crippen molar-refractivity contribution < 1.29 is 30.7 Å². The van der Waals surface area contributed by atoms with Crippen LogP contribution in [-0.2, 0) is 6.42 Å². The first kappa shape index (κ1) is 21.2. The second kappa shape index (κ2) is 7.69. The SMILES string of the molecule is FC(F)(F)C(F)(F)C(F)(F)C1=NNC(c2ccsc2)=CN1CCc1ccccc1. The van der Waals surface area contributed by atoms with E-state index in [0.717, 1.165) is 6.20 Å². The van der Waals surface area contributed by atoms with Gasteiger partial charge in [-0.3, -0.25) is 5.43 Å². The molecule has 156 valence electrons. The average molecular weight is 437 g/mol. The highest BCUT2D eigenvalue weighted by Gasteiger charge is 2.76. The molecule has 0 fully saturated rings. The molecule has 2 heterocycles. The van der Waals surface area contributed by atoms with E-state index in [4.69, 9.17) is 0 Å². The lowest BCUT2D eigenvalue weighted by Crippen LogP contribution is -2.60. The molecular weight excluding hydrogens is 423 g/mol. The molecule has 3 nitrogen and oxygen atoms in total. The molecule has 2 aromatic rings. The molecular formula is C18H14F7N3S. The Kier molecular flexibility index (Phi) is 5.61. The van der Waals surface area contributed by atoms with Gasteiger partial charge in [-0.25, -0.2) is 0 Å². The zero-order valence-electron chi connectivity index (χ0n) is 14.6. The smallest absolute Gasteiger partial charge is 0.327 e. The molecule has 0 radical (unpaired) electrons. The van der Waals surface area contributed by atoms with Crippen LogP contribution >= 0.6 is 11.3 Å². The summed E-state index contributed by atoms with van der Waals surface area (Å²) in [5, 5.41) is 6.55. The first-order valence-electron chi connectivity index (χ1n) is 8.25. The van der Waals surface area contributed by atoms with Gasteiger partial charge in [0.15, 0.2) is 0 Å². The minimum atomic E-state index is -6.44. The third-order valence-corrected chi connectivity index (χ3v) is 4.87. The monoisotopic (exact) mass is 437 g/mol. The van der Waals surface area contributed by atoms with Gasteiger partial charge >= 0.3 is 18.0 Å². The van der Waals surface area contributed by atoms with Crippen LogP contribution in [0, 0.1) is 0 Å². The van der Waals surface area contributed by atoms with E-state index in [-0.39, 0.29) is 18.7 Å². The normalized spacial score (nSPS) is 15.6. The number of hydrogen-bond acceptors (Lipinski definition) is 4. The minimum Gasteiger partial charge on any atom is -0.327 e. The largest absolute Gasteiger partial charge is 0.460 e. The molecule has 0 saturated heterocycles. The maximum Gasteiger partial charge on any atom is 0.460 e. The highest BCUT2D eigenvalue weighted by atomic mass is 32.1. The quantitative estimate of drug-likeness (QED) is 0.618. The predicted octanol–water partition coefficient (Wildman–Crippen LogP) is 5.34. The maximum atomic E-state index is 14.3. The van der Waals surface area contributed by atoms with Crippen LogP contribution in [0.4, 0.5) is 30.7 Å². The van der Waals surface area contributed by atoms with Gasteiger partial charge in [0.25, 0.3) is 0 Å². The molecule has 0 bridgehead atoms. The molecule has 1 aromatic heterocycles. The number of amidine groups is 1. The van der Waals surface area contributed by atoms with E-state index in [1.54, 1.807) is 47.2 Å². The van der Waals surface area contributed by atoms with Gasteiger partial charge in [-0.05, 0) is 23.4 Å². The Morgan fingerprint density at radius 2 is 1.66 bits per heavy atom. The summed E-state index contributed by atoms with van der Waals surface area (Å²) in [4.78, 5) is 0.635. The van der Waals surface area contributed by atoms with Gasteiger partial charge in [0.05, 0.1) is 5.70 Å². The van der Waals surface area contributed by atoms with E-state index in [1.165, 1.54) is 11.3 Å². The second-order valence-corrected chi connectivity index (χ2v) is 6.96. The Balaban J connectivity index is 1.94. The van der Waals surface area contributed by atoms with E-state index in [2.05, 4.69) is 10.5 Å². The number of hydrogen-bond donors (Lipinski definition) is 1. The number of nitrogens with one attached hydrogen (secondary N) is 1. The predicted molar refractivity (Wildman–Crippen MR) is 95.7 cm³/mol. The summed E-state index contributed by atoms with van der Waals surface area (Å²) in [5.74, 6) is -13.6. The van der Waals surface area contributed by atoms with E-state index in [9.17, 15) is 30.7 Å². The van der Waals surface area contributed by atoms with Gasteiger partial charge < -0.3 is 4.90 Å². The molecule has 11 heteroatoms. The Morgan fingerprint density at radius 3 is 2.24 bits per heavy atom. The number of halogens is 7. The summed E-state index contributed by atoms with van der Waals surface area (Å²) in [6.07, 6.45) is -5.25. The van der Waals surface area contributed by atoms with Crippen LogP contribution in [0.5, 0.6) is 0 Å². The topological polar surface area (TPSA) is 27.6 Å². The number of rotatable bonds is 6. The van der Waals surface area contributed by atoms with Crippen LogP contribution < -0.4 is 5.43 Å². The van der Waals surface area contributed by atoms with Crippen molar-refractivity contribution in [3.63, 3.8) is 0 Å². The first-order valence-corrected chi connectivity index (χ1v) is 9.20. The van der Waals surface area contributed by atoms with Gasteiger partial charge in [-0.2, -0.15) is 47.2 Å². The fraction of sp³-hybridized carbons (Fsp3) is 0.278. The van der Waals surface area contributed by atoms with Gasteiger partial charge in [-0.15, -0.1) is 0 Å². The van der Waals surface area contributed by atoms with Gasteiger partial charge in [0.1, 0.15) is 0 Å². The van der Waals surface area contributed by atoms with Crippen molar-refractivity contribution in [1.82, 2.24) is 10.3 Å². The molecule has 0 saturated carbocycles. The third-order valence-electron chi connectivity index (χ3n) is 4.19. The van der Waals surface area contributed by atoms with Crippen molar-refractivity contribution in [3.05, 3.63) is 64.5 Å². The number of alkyl halides is 7. The van der Waals surface area contributed by atoms with Crippen molar-refractivity contribution in [3.8, 4) is 0 Å². The van der Waals surface area contributed by atoms with Crippen molar-refractivity contribution in [2.45, 2.75) is 24.4 Å². The van der Waals surface area contributed by atoms with Crippen molar-refractivity contribution >= 4 is 22.9 Å².